The molecule has 0 aliphatic carbocycles. The molecule has 0 bridgehead atoms. The molecule has 0 saturated carbocycles. The Labute approximate surface area is 113 Å². The molecule has 0 N–H and O–H groups in total. The van der Waals surface area contributed by atoms with Crippen LogP contribution in [-0.4, -0.2) is 33.6 Å². The van der Waals surface area contributed by atoms with E-state index in [2.05, 4.69) is 4.98 Å². The zero-order valence-corrected chi connectivity index (χ0v) is 12.8. The lowest BCUT2D eigenvalue weighted by Crippen LogP contribution is -2.43. The third-order valence-corrected chi connectivity index (χ3v) is 3.54. The molecule has 102 valence electrons. The first-order valence-corrected chi connectivity index (χ1v) is 7.19. The van der Waals surface area contributed by atoms with Crippen LogP contribution in [0.4, 0.5) is 0 Å². The number of nitrogens with zero attached hydrogens (tertiary/aromatic N) is 2. The molecule has 1 aromatic heterocycles. The Morgan fingerprint density at radius 3 is 2.22 bits per heavy atom. The van der Waals surface area contributed by atoms with Crippen molar-refractivity contribution in [3.05, 3.63) is 11.5 Å². The van der Waals surface area contributed by atoms with Crippen LogP contribution in [0.25, 0.3) is 0 Å². The van der Waals surface area contributed by atoms with E-state index < -0.39 is 0 Å². The molecule has 0 saturated heterocycles. The van der Waals surface area contributed by atoms with Crippen molar-refractivity contribution in [1.29, 1.82) is 0 Å². The smallest absolute Gasteiger partial charge is 0.256 e. The SMILES string of the molecule is Cc1nc(SCC(=O)N(C(C)C)C(C)C)oc1C. The molecule has 0 aliphatic heterocycles. The van der Waals surface area contributed by atoms with E-state index >= 15 is 0 Å². The van der Waals surface area contributed by atoms with Crippen LogP contribution in [0.3, 0.4) is 0 Å². The summed E-state index contributed by atoms with van der Waals surface area (Å²) >= 11 is 1.36. The molecule has 0 unspecified atom stereocenters. The van der Waals surface area contributed by atoms with Crippen molar-refractivity contribution in [1.82, 2.24) is 9.88 Å². The Morgan fingerprint density at radius 1 is 1.28 bits per heavy atom. The number of hydrogen-bond acceptors (Lipinski definition) is 4. The summed E-state index contributed by atoms with van der Waals surface area (Å²) in [5.74, 6) is 1.31. The van der Waals surface area contributed by atoms with Gasteiger partial charge in [-0.3, -0.25) is 4.79 Å². The van der Waals surface area contributed by atoms with Crippen molar-refractivity contribution in [3.63, 3.8) is 0 Å². The van der Waals surface area contributed by atoms with Gasteiger partial charge in [0.25, 0.3) is 5.22 Å². The molecule has 18 heavy (non-hydrogen) atoms. The van der Waals surface area contributed by atoms with Crippen molar-refractivity contribution in [2.45, 2.75) is 58.8 Å². The van der Waals surface area contributed by atoms with Crippen LogP contribution in [0.15, 0.2) is 9.64 Å². The van der Waals surface area contributed by atoms with E-state index in [-0.39, 0.29) is 18.0 Å². The van der Waals surface area contributed by atoms with Crippen LogP contribution < -0.4 is 0 Å². The van der Waals surface area contributed by atoms with Gasteiger partial charge in [-0.1, -0.05) is 11.8 Å². The van der Waals surface area contributed by atoms with Gasteiger partial charge in [0, 0.05) is 12.1 Å². The minimum atomic E-state index is 0.124. The van der Waals surface area contributed by atoms with Crippen LogP contribution >= 0.6 is 11.8 Å². The number of carbonyl (C=O) groups is 1. The van der Waals surface area contributed by atoms with Crippen LogP contribution in [0, 0.1) is 13.8 Å². The second-order valence-electron chi connectivity index (χ2n) is 4.90. The first-order valence-electron chi connectivity index (χ1n) is 6.21. The number of rotatable bonds is 5. The summed E-state index contributed by atoms with van der Waals surface area (Å²) in [5, 5.41) is 0.575. The Bertz CT molecular complexity index is 386. The summed E-state index contributed by atoms with van der Waals surface area (Å²) < 4.78 is 5.45. The molecule has 1 amide bonds. The van der Waals surface area contributed by atoms with Gasteiger partial charge < -0.3 is 9.32 Å². The van der Waals surface area contributed by atoms with E-state index in [1.54, 1.807) is 0 Å². The van der Waals surface area contributed by atoms with Crippen molar-refractivity contribution in [2.24, 2.45) is 0 Å². The monoisotopic (exact) mass is 270 g/mol. The predicted octanol–water partition coefficient (Wildman–Crippen LogP) is 3.03. The molecule has 0 aliphatic rings. The first-order chi connectivity index (χ1) is 8.32. The lowest BCUT2D eigenvalue weighted by molar-refractivity contribution is -0.131. The second-order valence-corrected chi connectivity index (χ2v) is 5.83. The van der Waals surface area contributed by atoms with Crippen LogP contribution in [-0.2, 0) is 4.79 Å². The van der Waals surface area contributed by atoms with Gasteiger partial charge in [-0.05, 0) is 41.5 Å². The lowest BCUT2D eigenvalue weighted by Gasteiger charge is -2.30. The van der Waals surface area contributed by atoms with Gasteiger partial charge >= 0.3 is 0 Å². The number of carbonyl (C=O) groups excluding carboxylic acids is 1. The lowest BCUT2D eigenvalue weighted by atomic mass is 10.2. The van der Waals surface area contributed by atoms with Crippen LogP contribution in [0.2, 0.25) is 0 Å². The Morgan fingerprint density at radius 2 is 1.83 bits per heavy atom. The van der Waals surface area contributed by atoms with Gasteiger partial charge in [0.1, 0.15) is 5.76 Å². The van der Waals surface area contributed by atoms with E-state index in [1.807, 2.05) is 46.4 Å². The Kier molecular flexibility index (Phi) is 5.26. The molecule has 5 heteroatoms. The number of thioether (sulfide) groups is 1. The molecule has 0 fully saturated rings. The number of aryl methyl sites for hydroxylation is 2. The average Bonchev–Trinajstić information content (AvgIpc) is 2.54. The maximum absolute atomic E-state index is 12.1. The maximum Gasteiger partial charge on any atom is 0.256 e. The Hall–Kier alpha value is -0.970. The summed E-state index contributed by atoms with van der Waals surface area (Å²) in [6.45, 7) is 11.9. The predicted molar refractivity (Wildman–Crippen MR) is 73.8 cm³/mol. The van der Waals surface area contributed by atoms with Gasteiger partial charge in [-0.2, -0.15) is 0 Å². The standard InChI is InChI=1S/C13H22N2O2S/c1-8(2)15(9(3)4)12(16)7-18-13-14-10(5)11(6)17-13/h8-9H,7H2,1-6H3. The van der Waals surface area contributed by atoms with Crippen molar-refractivity contribution in [2.75, 3.05) is 5.75 Å². The molecule has 1 heterocycles. The van der Waals surface area contributed by atoms with Crippen molar-refractivity contribution >= 4 is 17.7 Å². The third-order valence-electron chi connectivity index (χ3n) is 2.73. The van der Waals surface area contributed by atoms with Gasteiger partial charge in [-0.25, -0.2) is 4.98 Å². The summed E-state index contributed by atoms with van der Waals surface area (Å²) in [6.07, 6.45) is 0. The highest BCUT2D eigenvalue weighted by Gasteiger charge is 2.20. The molecule has 1 rings (SSSR count). The van der Waals surface area contributed by atoms with Crippen molar-refractivity contribution < 1.29 is 9.21 Å². The number of oxazole rings is 1. The topological polar surface area (TPSA) is 46.3 Å². The zero-order valence-electron chi connectivity index (χ0n) is 12.0. The fraction of sp³-hybridized carbons (Fsp3) is 0.692. The van der Waals surface area contributed by atoms with Gasteiger partial charge in [0.05, 0.1) is 11.4 Å². The fourth-order valence-electron chi connectivity index (χ4n) is 1.88. The van der Waals surface area contributed by atoms with E-state index in [1.165, 1.54) is 11.8 Å². The summed E-state index contributed by atoms with van der Waals surface area (Å²) in [5.41, 5.74) is 0.884. The molecule has 0 aromatic carbocycles. The summed E-state index contributed by atoms with van der Waals surface area (Å²) in [4.78, 5) is 18.3. The fourth-order valence-corrected chi connectivity index (χ4v) is 2.66. The van der Waals surface area contributed by atoms with Gasteiger partial charge in [-0.15, -0.1) is 0 Å². The summed E-state index contributed by atoms with van der Waals surface area (Å²) in [6, 6.07) is 0.428. The van der Waals surface area contributed by atoms with E-state index in [4.69, 9.17) is 4.42 Å². The molecular formula is C13H22N2O2S. The first kappa shape index (κ1) is 15.1. The van der Waals surface area contributed by atoms with Gasteiger partial charge in [0.15, 0.2) is 0 Å². The normalized spacial score (nSPS) is 11.3. The summed E-state index contributed by atoms with van der Waals surface area (Å²) in [7, 11) is 0. The molecular weight excluding hydrogens is 248 g/mol. The largest absolute Gasteiger partial charge is 0.437 e. The minimum absolute atomic E-state index is 0.124. The van der Waals surface area contributed by atoms with E-state index in [0.29, 0.717) is 11.0 Å². The minimum Gasteiger partial charge on any atom is -0.437 e. The highest BCUT2D eigenvalue weighted by Crippen LogP contribution is 2.21. The molecule has 0 spiro atoms. The van der Waals surface area contributed by atoms with Crippen molar-refractivity contribution in [3.8, 4) is 0 Å². The maximum atomic E-state index is 12.1. The highest BCUT2D eigenvalue weighted by atomic mass is 32.2. The van der Waals surface area contributed by atoms with Crippen LogP contribution in [0.1, 0.15) is 39.1 Å². The molecule has 1 aromatic rings. The number of aromatic nitrogens is 1. The third kappa shape index (κ3) is 3.77. The molecule has 0 radical (unpaired) electrons. The van der Waals surface area contributed by atoms with Crippen LogP contribution in [0.5, 0.6) is 0 Å². The molecule has 4 nitrogen and oxygen atoms in total. The van der Waals surface area contributed by atoms with E-state index in [0.717, 1.165) is 11.5 Å². The zero-order chi connectivity index (χ0) is 13.9. The molecule has 0 atom stereocenters. The van der Waals surface area contributed by atoms with E-state index in [9.17, 15) is 4.79 Å². The van der Waals surface area contributed by atoms with Gasteiger partial charge in [0.2, 0.25) is 5.91 Å². The Balaban J connectivity index is 2.59. The quantitative estimate of drug-likeness (QED) is 0.772. The second kappa shape index (κ2) is 6.27. The number of amides is 1. The average molecular weight is 270 g/mol. The highest BCUT2D eigenvalue weighted by molar-refractivity contribution is 7.99. The number of hydrogen-bond donors (Lipinski definition) is 0.